The summed E-state index contributed by atoms with van der Waals surface area (Å²) < 4.78 is 11.6. The van der Waals surface area contributed by atoms with Crippen LogP contribution in [0.3, 0.4) is 0 Å². The Bertz CT molecular complexity index is 843. The summed E-state index contributed by atoms with van der Waals surface area (Å²) in [4.78, 5) is 11.2. The van der Waals surface area contributed by atoms with Gasteiger partial charge in [-0.25, -0.2) is 4.98 Å². The monoisotopic (exact) mass is 433 g/mol. The Morgan fingerprint density at radius 3 is 2.60 bits per heavy atom. The first-order chi connectivity index (χ1) is 14.3. The fraction of sp³-hybridized carbons (Fsp3) is 0.545. The molecule has 2 heterocycles. The zero-order chi connectivity index (χ0) is 21.7. The van der Waals surface area contributed by atoms with Gasteiger partial charge < -0.3 is 19.8 Å². The minimum atomic E-state index is -0.177. The second kappa shape index (κ2) is 9.81. The SMILES string of the molecule is CN=C(NCc1nc(C)c(C)o1)NCC(c1ccc(Cl)cc1)N1CCOC(C)(C)C1. The maximum absolute atomic E-state index is 6.12. The Hall–Kier alpha value is -2.09. The number of ether oxygens (including phenoxy) is 1. The van der Waals surface area contributed by atoms with Crippen LogP contribution in [-0.4, -0.2) is 54.7 Å². The molecule has 30 heavy (non-hydrogen) atoms. The zero-order valence-corrected chi connectivity index (χ0v) is 19.2. The van der Waals surface area contributed by atoms with Crippen LogP contribution in [0.2, 0.25) is 5.02 Å². The summed E-state index contributed by atoms with van der Waals surface area (Å²) in [5, 5.41) is 7.47. The summed E-state index contributed by atoms with van der Waals surface area (Å²) in [6.07, 6.45) is 0. The lowest BCUT2D eigenvalue weighted by atomic mass is 10.0. The lowest BCUT2D eigenvalue weighted by Gasteiger charge is -2.42. The van der Waals surface area contributed by atoms with Crippen molar-refractivity contribution in [3.05, 3.63) is 52.2 Å². The second-order valence-electron chi connectivity index (χ2n) is 8.20. The summed E-state index contributed by atoms with van der Waals surface area (Å²) in [5.41, 5.74) is 1.94. The van der Waals surface area contributed by atoms with E-state index in [1.807, 2.05) is 26.0 Å². The molecular weight excluding hydrogens is 402 g/mol. The average Bonchev–Trinajstić information content (AvgIpc) is 3.02. The number of rotatable bonds is 6. The first kappa shape index (κ1) is 22.6. The number of nitrogens with zero attached hydrogens (tertiary/aromatic N) is 3. The highest BCUT2D eigenvalue weighted by Crippen LogP contribution is 2.27. The number of aliphatic imine (C=N–C) groups is 1. The number of nitrogens with one attached hydrogen (secondary N) is 2. The van der Waals surface area contributed by atoms with Crippen molar-refractivity contribution < 1.29 is 9.15 Å². The molecule has 1 atom stereocenters. The van der Waals surface area contributed by atoms with E-state index in [4.69, 9.17) is 20.8 Å². The summed E-state index contributed by atoms with van der Waals surface area (Å²) in [5.74, 6) is 2.19. The maximum Gasteiger partial charge on any atom is 0.214 e. The van der Waals surface area contributed by atoms with E-state index in [0.717, 1.165) is 29.6 Å². The van der Waals surface area contributed by atoms with Crippen molar-refractivity contribution in [2.45, 2.75) is 45.9 Å². The van der Waals surface area contributed by atoms with Crippen LogP contribution in [0.1, 0.15) is 42.8 Å². The van der Waals surface area contributed by atoms with E-state index in [1.165, 1.54) is 5.56 Å². The van der Waals surface area contributed by atoms with Crippen LogP contribution in [0.4, 0.5) is 0 Å². The van der Waals surface area contributed by atoms with Crippen molar-refractivity contribution in [3.8, 4) is 0 Å². The van der Waals surface area contributed by atoms with Gasteiger partial charge in [0.05, 0.1) is 30.5 Å². The lowest BCUT2D eigenvalue weighted by molar-refractivity contribution is -0.0971. The van der Waals surface area contributed by atoms with Crippen molar-refractivity contribution in [2.24, 2.45) is 4.99 Å². The van der Waals surface area contributed by atoms with Gasteiger partial charge in [0.25, 0.3) is 0 Å². The molecule has 1 aromatic heterocycles. The molecule has 1 saturated heterocycles. The summed E-state index contributed by atoms with van der Waals surface area (Å²) in [6, 6.07) is 8.22. The Morgan fingerprint density at radius 1 is 1.27 bits per heavy atom. The van der Waals surface area contributed by atoms with Gasteiger partial charge >= 0.3 is 0 Å². The van der Waals surface area contributed by atoms with E-state index in [-0.39, 0.29) is 11.6 Å². The molecular formula is C22H32ClN5O2. The van der Waals surface area contributed by atoms with Gasteiger partial charge in [-0.2, -0.15) is 0 Å². The normalized spacial score (nSPS) is 18.3. The molecule has 1 unspecified atom stereocenters. The Labute approximate surface area is 183 Å². The van der Waals surface area contributed by atoms with Crippen molar-refractivity contribution in [3.63, 3.8) is 0 Å². The minimum Gasteiger partial charge on any atom is -0.444 e. The number of oxazole rings is 1. The fourth-order valence-electron chi connectivity index (χ4n) is 3.65. The molecule has 1 aliphatic rings. The van der Waals surface area contributed by atoms with E-state index < -0.39 is 0 Å². The highest BCUT2D eigenvalue weighted by atomic mass is 35.5. The highest BCUT2D eigenvalue weighted by molar-refractivity contribution is 6.30. The number of benzene rings is 1. The molecule has 1 aliphatic heterocycles. The molecule has 0 amide bonds. The van der Waals surface area contributed by atoms with E-state index in [9.17, 15) is 0 Å². The number of morpholine rings is 1. The van der Waals surface area contributed by atoms with E-state index in [0.29, 0.717) is 31.5 Å². The molecule has 0 bridgehead atoms. The van der Waals surface area contributed by atoms with Crippen molar-refractivity contribution >= 4 is 17.6 Å². The van der Waals surface area contributed by atoms with Crippen LogP contribution < -0.4 is 10.6 Å². The van der Waals surface area contributed by atoms with Crippen LogP contribution in [0, 0.1) is 13.8 Å². The molecule has 2 aromatic rings. The van der Waals surface area contributed by atoms with Crippen LogP contribution in [0.5, 0.6) is 0 Å². The van der Waals surface area contributed by atoms with E-state index in [1.54, 1.807) is 7.05 Å². The molecule has 7 nitrogen and oxygen atoms in total. The molecule has 0 spiro atoms. The summed E-state index contributed by atoms with van der Waals surface area (Å²) in [6.45, 7) is 11.7. The van der Waals surface area contributed by atoms with Crippen molar-refractivity contribution in [1.29, 1.82) is 0 Å². The number of hydrogen-bond acceptors (Lipinski definition) is 5. The number of halogens is 1. The van der Waals surface area contributed by atoms with Crippen molar-refractivity contribution in [2.75, 3.05) is 33.3 Å². The molecule has 0 aliphatic carbocycles. The van der Waals surface area contributed by atoms with Gasteiger partial charge in [-0.1, -0.05) is 23.7 Å². The van der Waals surface area contributed by atoms with Crippen LogP contribution in [0.15, 0.2) is 33.7 Å². The van der Waals surface area contributed by atoms with Gasteiger partial charge in [0, 0.05) is 31.7 Å². The average molecular weight is 434 g/mol. The first-order valence-electron chi connectivity index (χ1n) is 10.3. The minimum absolute atomic E-state index is 0.162. The molecule has 3 rings (SSSR count). The smallest absolute Gasteiger partial charge is 0.214 e. The standard InChI is InChI=1S/C22H32ClN5O2/c1-15-16(2)30-20(27-15)13-26-21(24-5)25-12-19(17-6-8-18(23)9-7-17)28-10-11-29-22(3,4)14-28/h6-9,19H,10-14H2,1-5H3,(H2,24,25,26). The predicted molar refractivity (Wildman–Crippen MR) is 120 cm³/mol. The van der Waals surface area contributed by atoms with Gasteiger partial charge in [0.1, 0.15) is 5.76 Å². The van der Waals surface area contributed by atoms with Gasteiger partial charge in [0.15, 0.2) is 5.96 Å². The summed E-state index contributed by atoms with van der Waals surface area (Å²) in [7, 11) is 1.76. The number of aromatic nitrogens is 1. The van der Waals surface area contributed by atoms with Crippen LogP contribution in [0.25, 0.3) is 0 Å². The molecule has 0 saturated carbocycles. The Balaban J connectivity index is 1.67. The number of guanidine groups is 1. The number of aryl methyl sites for hydroxylation is 2. The Morgan fingerprint density at radius 2 is 2.00 bits per heavy atom. The third kappa shape index (κ3) is 5.97. The predicted octanol–water partition coefficient (Wildman–Crippen LogP) is 3.46. The third-order valence-corrected chi connectivity index (χ3v) is 5.57. The molecule has 1 aromatic carbocycles. The van der Waals surface area contributed by atoms with E-state index >= 15 is 0 Å². The van der Waals surface area contributed by atoms with Gasteiger partial charge in [-0.15, -0.1) is 0 Å². The maximum atomic E-state index is 6.12. The van der Waals surface area contributed by atoms with Gasteiger partial charge in [-0.05, 0) is 45.4 Å². The zero-order valence-electron chi connectivity index (χ0n) is 18.5. The first-order valence-corrected chi connectivity index (χ1v) is 10.7. The van der Waals surface area contributed by atoms with Crippen LogP contribution >= 0.6 is 11.6 Å². The molecule has 0 radical (unpaired) electrons. The largest absolute Gasteiger partial charge is 0.444 e. The van der Waals surface area contributed by atoms with E-state index in [2.05, 4.69) is 51.5 Å². The quantitative estimate of drug-likeness (QED) is 0.536. The Kier molecular flexibility index (Phi) is 7.39. The second-order valence-corrected chi connectivity index (χ2v) is 8.64. The molecule has 164 valence electrons. The molecule has 2 N–H and O–H groups in total. The van der Waals surface area contributed by atoms with Gasteiger partial charge in [0.2, 0.25) is 5.89 Å². The third-order valence-electron chi connectivity index (χ3n) is 5.32. The number of hydrogen-bond donors (Lipinski definition) is 2. The molecule has 8 heteroatoms. The van der Waals surface area contributed by atoms with Gasteiger partial charge in [-0.3, -0.25) is 9.89 Å². The topological polar surface area (TPSA) is 74.9 Å². The van der Waals surface area contributed by atoms with Crippen LogP contribution in [-0.2, 0) is 11.3 Å². The van der Waals surface area contributed by atoms with Crippen molar-refractivity contribution in [1.82, 2.24) is 20.5 Å². The summed E-state index contributed by atoms with van der Waals surface area (Å²) >= 11 is 6.12. The fourth-order valence-corrected chi connectivity index (χ4v) is 3.78. The lowest BCUT2D eigenvalue weighted by Crippen LogP contribution is -2.52. The highest BCUT2D eigenvalue weighted by Gasteiger charge is 2.32. The molecule has 1 fully saturated rings.